The molecule has 0 aliphatic carbocycles. The van der Waals surface area contributed by atoms with Crippen LogP contribution in [0.2, 0.25) is 5.02 Å². The molecule has 0 aliphatic rings. The van der Waals surface area contributed by atoms with Crippen molar-refractivity contribution in [1.82, 2.24) is 4.98 Å². The highest BCUT2D eigenvalue weighted by Gasteiger charge is 2.13. The molecule has 100 valence electrons. The largest absolute Gasteiger partial charge is 0.478 e. The molecule has 0 atom stereocenters. The van der Waals surface area contributed by atoms with Crippen LogP contribution >= 0.6 is 22.9 Å². The number of fused-ring (bicyclic) bond motifs is 1. The van der Waals surface area contributed by atoms with Crippen molar-refractivity contribution < 1.29 is 9.90 Å². The topological polar surface area (TPSA) is 50.2 Å². The molecule has 1 N–H and O–H groups in total. The number of nitrogens with zero attached hydrogens (tertiary/aromatic N) is 1. The number of rotatable bonds is 2. The Morgan fingerprint density at radius 2 is 1.95 bits per heavy atom. The molecule has 1 aromatic heterocycles. The van der Waals surface area contributed by atoms with E-state index in [9.17, 15) is 4.79 Å². The van der Waals surface area contributed by atoms with Crippen LogP contribution in [-0.2, 0) is 0 Å². The molecule has 0 radical (unpaired) electrons. The zero-order valence-electron chi connectivity index (χ0n) is 10.6. The lowest BCUT2D eigenvalue weighted by Crippen LogP contribution is -1.96. The van der Waals surface area contributed by atoms with E-state index < -0.39 is 5.97 Å². The van der Waals surface area contributed by atoms with Gasteiger partial charge in [0.2, 0.25) is 0 Å². The summed E-state index contributed by atoms with van der Waals surface area (Å²) in [5.41, 5.74) is 2.95. The Bertz CT molecular complexity index is 809. The summed E-state index contributed by atoms with van der Waals surface area (Å²) in [5, 5.41) is 10.2. The minimum Gasteiger partial charge on any atom is -0.478 e. The smallest absolute Gasteiger partial charge is 0.337 e. The van der Waals surface area contributed by atoms with Crippen LogP contribution in [0.4, 0.5) is 0 Å². The van der Waals surface area contributed by atoms with Gasteiger partial charge in [0.15, 0.2) is 0 Å². The van der Waals surface area contributed by atoms with Gasteiger partial charge in [-0.05, 0) is 19.1 Å². The molecular weight excluding hydrogens is 294 g/mol. The molecule has 0 fully saturated rings. The van der Waals surface area contributed by atoms with Crippen molar-refractivity contribution in [2.45, 2.75) is 6.92 Å². The highest BCUT2D eigenvalue weighted by molar-refractivity contribution is 7.21. The quantitative estimate of drug-likeness (QED) is 0.751. The first kappa shape index (κ1) is 13.1. The number of carboxylic acid groups (broad SMARTS) is 1. The fourth-order valence-electron chi connectivity index (χ4n) is 1.93. The van der Waals surface area contributed by atoms with E-state index in [0.717, 1.165) is 15.3 Å². The molecule has 0 spiro atoms. The Morgan fingerprint density at radius 1 is 1.25 bits per heavy atom. The van der Waals surface area contributed by atoms with E-state index in [2.05, 4.69) is 4.98 Å². The number of carboxylic acids is 1. The van der Waals surface area contributed by atoms with Gasteiger partial charge < -0.3 is 5.11 Å². The third-order valence-corrected chi connectivity index (χ3v) is 4.39. The molecule has 3 aromatic rings. The van der Waals surface area contributed by atoms with Gasteiger partial charge in [-0.3, -0.25) is 0 Å². The van der Waals surface area contributed by atoms with Crippen molar-refractivity contribution in [3.05, 3.63) is 52.5 Å². The lowest BCUT2D eigenvalue weighted by atomic mass is 10.1. The molecule has 5 heteroatoms. The maximum Gasteiger partial charge on any atom is 0.337 e. The SMILES string of the molecule is Cc1ccc(-c2nc3cc(C(=O)O)c(Cl)cc3s2)cc1. The maximum atomic E-state index is 11.1. The fraction of sp³-hybridized carbons (Fsp3) is 0.0667. The van der Waals surface area contributed by atoms with E-state index in [1.165, 1.54) is 23.0 Å². The van der Waals surface area contributed by atoms with Gasteiger partial charge in [0.25, 0.3) is 0 Å². The van der Waals surface area contributed by atoms with Crippen molar-refractivity contribution in [3.8, 4) is 10.6 Å². The molecule has 2 aromatic carbocycles. The Balaban J connectivity index is 2.15. The van der Waals surface area contributed by atoms with E-state index in [0.29, 0.717) is 5.52 Å². The van der Waals surface area contributed by atoms with Gasteiger partial charge in [0.1, 0.15) is 5.01 Å². The summed E-state index contributed by atoms with van der Waals surface area (Å²) in [6.45, 7) is 2.03. The van der Waals surface area contributed by atoms with Crippen molar-refractivity contribution in [2.24, 2.45) is 0 Å². The summed E-state index contributed by atoms with van der Waals surface area (Å²) < 4.78 is 0.885. The minimum atomic E-state index is -1.04. The third kappa shape index (κ3) is 2.28. The van der Waals surface area contributed by atoms with E-state index in [-0.39, 0.29) is 10.6 Å². The van der Waals surface area contributed by atoms with Crippen LogP contribution in [0.25, 0.3) is 20.8 Å². The Labute approximate surface area is 124 Å². The Hall–Kier alpha value is -1.91. The van der Waals surface area contributed by atoms with E-state index in [4.69, 9.17) is 16.7 Å². The van der Waals surface area contributed by atoms with Crippen molar-refractivity contribution in [1.29, 1.82) is 0 Å². The van der Waals surface area contributed by atoms with Gasteiger partial charge in [-0.15, -0.1) is 11.3 Å². The van der Waals surface area contributed by atoms with Gasteiger partial charge in [0, 0.05) is 5.56 Å². The minimum absolute atomic E-state index is 0.0833. The highest BCUT2D eigenvalue weighted by Crippen LogP contribution is 2.33. The van der Waals surface area contributed by atoms with Crippen LogP contribution in [0.1, 0.15) is 15.9 Å². The van der Waals surface area contributed by atoms with Gasteiger partial charge >= 0.3 is 5.97 Å². The highest BCUT2D eigenvalue weighted by atomic mass is 35.5. The van der Waals surface area contributed by atoms with Gasteiger partial charge in [-0.25, -0.2) is 9.78 Å². The van der Waals surface area contributed by atoms with Crippen LogP contribution in [-0.4, -0.2) is 16.1 Å². The summed E-state index contributed by atoms with van der Waals surface area (Å²) in [4.78, 5) is 15.6. The lowest BCUT2D eigenvalue weighted by Gasteiger charge is -1.97. The van der Waals surface area contributed by atoms with E-state index in [1.807, 2.05) is 31.2 Å². The summed E-state index contributed by atoms with van der Waals surface area (Å²) >= 11 is 7.47. The van der Waals surface area contributed by atoms with Crippen LogP contribution < -0.4 is 0 Å². The molecule has 3 rings (SSSR count). The van der Waals surface area contributed by atoms with Crippen LogP contribution in [0.15, 0.2) is 36.4 Å². The first-order chi connectivity index (χ1) is 9.54. The molecule has 0 bridgehead atoms. The first-order valence-electron chi connectivity index (χ1n) is 5.95. The van der Waals surface area contributed by atoms with Crippen molar-refractivity contribution >= 4 is 39.1 Å². The zero-order valence-corrected chi connectivity index (χ0v) is 12.1. The standard InChI is InChI=1S/C15H10ClNO2S/c1-8-2-4-9(5-3-8)14-17-12-6-10(15(18)19)11(16)7-13(12)20-14/h2-7H,1H3,(H,18,19). The number of benzene rings is 2. The van der Waals surface area contributed by atoms with E-state index in [1.54, 1.807) is 6.07 Å². The van der Waals surface area contributed by atoms with E-state index >= 15 is 0 Å². The van der Waals surface area contributed by atoms with Crippen LogP contribution in [0.5, 0.6) is 0 Å². The second kappa shape index (κ2) is 4.89. The molecule has 1 heterocycles. The monoisotopic (exact) mass is 303 g/mol. The van der Waals surface area contributed by atoms with Crippen LogP contribution in [0, 0.1) is 6.92 Å². The molecular formula is C15H10ClNO2S. The molecule has 0 unspecified atom stereocenters. The number of carbonyl (C=O) groups is 1. The molecule has 0 saturated carbocycles. The van der Waals surface area contributed by atoms with Crippen molar-refractivity contribution in [2.75, 3.05) is 0 Å². The third-order valence-electron chi connectivity index (χ3n) is 3.01. The second-order valence-electron chi connectivity index (χ2n) is 4.49. The molecule has 0 amide bonds. The zero-order chi connectivity index (χ0) is 14.3. The summed E-state index contributed by atoms with van der Waals surface area (Å²) in [7, 11) is 0. The summed E-state index contributed by atoms with van der Waals surface area (Å²) in [6, 6.07) is 11.2. The maximum absolute atomic E-state index is 11.1. The Kier molecular flexibility index (Phi) is 3.20. The number of halogens is 1. The number of aryl methyl sites for hydroxylation is 1. The fourth-order valence-corrected chi connectivity index (χ4v) is 3.23. The Morgan fingerprint density at radius 3 is 2.60 bits per heavy atom. The van der Waals surface area contributed by atoms with Crippen LogP contribution in [0.3, 0.4) is 0 Å². The lowest BCUT2D eigenvalue weighted by molar-refractivity contribution is 0.0697. The number of hydrogen-bond acceptors (Lipinski definition) is 3. The number of hydrogen-bond donors (Lipinski definition) is 1. The van der Waals surface area contributed by atoms with Gasteiger partial charge in [0.05, 0.1) is 20.8 Å². The first-order valence-corrected chi connectivity index (χ1v) is 7.14. The predicted octanol–water partition coefficient (Wildman–Crippen LogP) is 4.62. The van der Waals surface area contributed by atoms with Crippen molar-refractivity contribution in [3.63, 3.8) is 0 Å². The predicted molar refractivity (Wildman–Crippen MR) is 81.8 cm³/mol. The van der Waals surface area contributed by atoms with Gasteiger partial charge in [-0.2, -0.15) is 0 Å². The number of thiazole rings is 1. The molecule has 0 saturated heterocycles. The molecule has 20 heavy (non-hydrogen) atoms. The molecule has 0 aliphatic heterocycles. The van der Waals surface area contributed by atoms with Gasteiger partial charge in [-0.1, -0.05) is 41.4 Å². The average Bonchev–Trinajstić information content (AvgIpc) is 2.81. The number of aromatic nitrogens is 1. The average molecular weight is 304 g/mol. The normalized spacial score (nSPS) is 10.9. The number of aromatic carboxylic acids is 1. The summed E-state index contributed by atoms with van der Waals surface area (Å²) in [5.74, 6) is -1.04. The second-order valence-corrected chi connectivity index (χ2v) is 5.93. The summed E-state index contributed by atoms with van der Waals surface area (Å²) in [6.07, 6.45) is 0. The molecule has 3 nitrogen and oxygen atoms in total.